The molecule has 0 amide bonds. The SMILES string of the molecule is CC(C)(C)c1ccc(N)cc1.CC(C)(C)c1ccccc1. The Labute approximate surface area is 130 Å². The van der Waals surface area contributed by atoms with Crippen LogP contribution in [0, 0.1) is 0 Å². The molecule has 2 aromatic rings. The minimum Gasteiger partial charge on any atom is -0.399 e. The van der Waals surface area contributed by atoms with Gasteiger partial charge in [0.1, 0.15) is 0 Å². The molecule has 1 heteroatoms. The van der Waals surface area contributed by atoms with Crippen LogP contribution in [0.2, 0.25) is 0 Å². The van der Waals surface area contributed by atoms with Crippen molar-refractivity contribution >= 4 is 5.69 Å². The summed E-state index contributed by atoms with van der Waals surface area (Å²) in [7, 11) is 0. The van der Waals surface area contributed by atoms with Crippen molar-refractivity contribution in [1.82, 2.24) is 0 Å². The van der Waals surface area contributed by atoms with Gasteiger partial charge < -0.3 is 5.73 Å². The minimum absolute atomic E-state index is 0.230. The Kier molecular flexibility index (Phi) is 5.60. The molecule has 0 fully saturated rings. The monoisotopic (exact) mass is 283 g/mol. The Morgan fingerprint density at radius 1 is 0.571 bits per heavy atom. The van der Waals surface area contributed by atoms with Crippen LogP contribution in [0.15, 0.2) is 54.6 Å². The number of benzene rings is 2. The average molecular weight is 283 g/mol. The molecule has 0 aliphatic rings. The summed E-state index contributed by atoms with van der Waals surface area (Å²) in [4.78, 5) is 0. The molecule has 0 bridgehead atoms. The van der Waals surface area contributed by atoms with E-state index in [2.05, 4.69) is 84.0 Å². The van der Waals surface area contributed by atoms with E-state index >= 15 is 0 Å². The molecule has 2 N–H and O–H groups in total. The van der Waals surface area contributed by atoms with Crippen LogP contribution in [0.1, 0.15) is 52.7 Å². The minimum atomic E-state index is 0.230. The molecular formula is C20H29N. The summed E-state index contributed by atoms with van der Waals surface area (Å²) in [5.41, 5.74) is 9.65. The summed E-state index contributed by atoms with van der Waals surface area (Å²) in [5, 5.41) is 0. The van der Waals surface area contributed by atoms with Gasteiger partial charge in [-0.2, -0.15) is 0 Å². The molecule has 2 aromatic carbocycles. The molecule has 0 saturated heterocycles. The highest BCUT2D eigenvalue weighted by molar-refractivity contribution is 5.40. The van der Waals surface area contributed by atoms with Crippen LogP contribution >= 0.6 is 0 Å². The molecule has 0 aromatic heterocycles. The number of nitrogen functional groups attached to an aromatic ring is 1. The Hall–Kier alpha value is -1.76. The summed E-state index contributed by atoms with van der Waals surface area (Å²) >= 11 is 0. The number of hydrogen-bond acceptors (Lipinski definition) is 1. The van der Waals surface area contributed by atoms with Gasteiger partial charge in [0.2, 0.25) is 0 Å². The first-order chi connectivity index (χ1) is 9.60. The first-order valence-electron chi connectivity index (χ1n) is 7.52. The highest BCUT2D eigenvalue weighted by atomic mass is 14.5. The van der Waals surface area contributed by atoms with Gasteiger partial charge in [0.15, 0.2) is 0 Å². The molecule has 0 atom stereocenters. The lowest BCUT2D eigenvalue weighted by molar-refractivity contribution is 0.590. The molecule has 0 radical (unpaired) electrons. The van der Waals surface area contributed by atoms with Gasteiger partial charge in [0.25, 0.3) is 0 Å². The van der Waals surface area contributed by atoms with E-state index in [4.69, 9.17) is 5.73 Å². The van der Waals surface area contributed by atoms with E-state index in [-0.39, 0.29) is 5.41 Å². The van der Waals surface area contributed by atoms with E-state index in [1.807, 2.05) is 12.1 Å². The second-order valence-electron chi connectivity index (χ2n) is 7.49. The fourth-order valence-electron chi connectivity index (χ4n) is 1.92. The van der Waals surface area contributed by atoms with Gasteiger partial charge >= 0.3 is 0 Å². The van der Waals surface area contributed by atoms with E-state index in [1.54, 1.807) is 0 Å². The first kappa shape index (κ1) is 17.3. The van der Waals surface area contributed by atoms with Gasteiger partial charge in [-0.1, -0.05) is 84.0 Å². The third-order valence-electron chi connectivity index (χ3n) is 3.42. The number of rotatable bonds is 0. The van der Waals surface area contributed by atoms with Gasteiger partial charge in [-0.3, -0.25) is 0 Å². The summed E-state index contributed by atoms with van der Waals surface area (Å²) in [6, 6.07) is 18.6. The maximum Gasteiger partial charge on any atom is 0.0314 e. The van der Waals surface area contributed by atoms with E-state index in [0.717, 1.165) is 5.69 Å². The largest absolute Gasteiger partial charge is 0.399 e. The Morgan fingerprint density at radius 2 is 0.952 bits per heavy atom. The fraction of sp³-hybridized carbons (Fsp3) is 0.400. The van der Waals surface area contributed by atoms with E-state index < -0.39 is 0 Å². The first-order valence-corrected chi connectivity index (χ1v) is 7.52. The number of anilines is 1. The predicted octanol–water partition coefficient (Wildman–Crippen LogP) is 5.55. The van der Waals surface area contributed by atoms with Crippen molar-refractivity contribution < 1.29 is 0 Å². The van der Waals surface area contributed by atoms with E-state index in [1.165, 1.54) is 11.1 Å². The van der Waals surface area contributed by atoms with Crippen LogP contribution < -0.4 is 5.73 Å². The van der Waals surface area contributed by atoms with Crippen molar-refractivity contribution in [3.8, 4) is 0 Å². The molecule has 21 heavy (non-hydrogen) atoms. The van der Waals surface area contributed by atoms with Crippen LogP contribution in [-0.2, 0) is 10.8 Å². The topological polar surface area (TPSA) is 26.0 Å². The quantitative estimate of drug-likeness (QED) is 0.630. The zero-order chi connectivity index (χ0) is 16.1. The van der Waals surface area contributed by atoms with Crippen molar-refractivity contribution in [1.29, 1.82) is 0 Å². The van der Waals surface area contributed by atoms with Crippen molar-refractivity contribution in [3.63, 3.8) is 0 Å². The number of hydrogen-bond donors (Lipinski definition) is 1. The molecule has 0 unspecified atom stereocenters. The predicted molar refractivity (Wildman–Crippen MR) is 94.7 cm³/mol. The second kappa shape index (κ2) is 6.80. The Bertz CT molecular complexity index is 525. The zero-order valence-electron chi connectivity index (χ0n) is 14.3. The lowest BCUT2D eigenvalue weighted by Gasteiger charge is -2.18. The molecule has 2 rings (SSSR count). The molecule has 0 heterocycles. The smallest absolute Gasteiger partial charge is 0.0314 e. The van der Waals surface area contributed by atoms with Gasteiger partial charge in [0.05, 0.1) is 0 Å². The highest BCUT2D eigenvalue weighted by Crippen LogP contribution is 2.22. The molecule has 114 valence electrons. The van der Waals surface area contributed by atoms with Crippen molar-refractivity contribution in [2.75, 3.05) is 5.73 Å². The number of nitrogens with two attached hydrogens (primary N) is 1. The highest BCUT2D eigenvalue weighted by Gasteiger charge is 2.12. The third kappa shape index (κ3) is 6.03. The van der Waals surface area contributed by atoms with Crippen molar-refractivity contribution in [3.05, 3.63) is 65.7 Å². The van der Waals surface area contributed by atoms with Crippen LogP contribution in [0.4, 0.5) is 5.69 Å². The summed E-state index contributed by atoms with van der Waals surface area (Å²) in [6.07, 6.45) is 0. The van der Waals surface area contributed by atoms with Crippen LogP contribution in [-0.4, -0.2) is 0 Å². The van der Waals surface area contributed by atoms with E-state index in [9.17, 15) is 0 Å². The maximum atomic E-state index is 5.57. The van der Waals surface area contributed by atoms with Crippen molar-refractivity contribution in [2.24, 2.45) is 0 Å². The molecule has 0 spiro atoms. The van der Waals surface area contributed by atoms with E-state index in [0.29, 0.717) is 5.41 Å². The summed E-state index contributed by atoms with van der Waals surface area (Å²) in [5.74, 6) is 0. The van der Waals surface area contributed by atoms with Crippen LogP contribution in [0.3, 0.4) is 0 Å². The van der Waals surface area contributed by atoms with Gasteiger partial charge in [0, 0.05) is 5.69 Å². The summed E-state index contributed by atoms with van der Waals surface area (Å²) in [6.45, 7) is 13.3. The van der Waals surface area contributed by atoms with Gasteiger partial charge in [-0.05, 0) is 34.1 Å². The molecular weight excluding hydrogens is 254 g/mol. The van der Waals surface area contributed by atoms with Crippen molar-refractivity contribution in [2.45, 2.75) is 52.4 Å². The molecule has 1 nitrogen and oxygen atoms in total. The standard InChI is InChI=1S/C10H15N.C10H14/c1-10(2,3)8-4-6-9(11)7-5-8;1-10(2,3)9-7-5-4-6-8-9/h4-7H,11H2,1-3H3;4-8H,1-3H3. The van der Waals surface area contributed by atoms with Gasteiger partial charge in [-0.15, -0.1) is 0 Å². The Morgan fingerprint density at radius 3 is 1.29 bits per heavy atom. The normalized spacial score (nSPS) is 11.5. The lowest BCUT2D eigenvalue weighted by Crippen LogP contribution is -2.10. The average Bonchev–Trinajstić information content (AvgIpc) is 2.39. The fourth-order valence-corrected chi connectivity index (χ4v) is 1.92. The Balaban J connectivity index is 0.000000211. The maximum absolute atomic E-state index is 5.57. The van der Waals surface area contributed by atoms with Gasteiger partial charge in [-0.25, -0.2) is 0 Å². The third-order valence-corrected chi connectivity index (χ3v) is 3.42. The molecule has 0 aliphatic carbocycles. The zero-order valence-corrected chi connectivity index (χ0v) is 14.3. The molecule has 0 saturated carbocycles. The second-order valence-corrected chi connectivity index (χ2v) is 7.49. The lowest BCUT2D eigenvalue weighted by atomic mass is 9.87. The molecule has 0 aliphatic heterocycles. The van der Waals surface area contributed by atoms with Crippen LogP contribution in [0.25, 0.3) is 0 Å². The summed E-state index contributed by atoms with van der Waals surface area (Å²) < 4.78 is 0. The van der Waals surface area contributed by atoms with Crippen LogP contribution in [0.5, 0.6) is 0 Å².